The Balaban J connectivity index is 1.43. The zero-order chi connectivity index (χ0) is 21.8. The Labute approximate surface area is 185 Å². The number of ketones is 1. The summed E-state index contributed by atoms with van der Waals surface area (Å²) in [4.78, 5) is 25.5. The van der Waals surface area contributed by atoms with Crippen molar-refractivity contribution in [1.82, 2.24) is 0 Å². The summed E-state index contributed by atoms with van der Waals surface area (Å²) >= 11 is 0. The van der Waals surface area contributed by atoms with Crippen LogP contribution < -0.4 is 0 Å². The number of carbonyl (C=O) groups is 2. The average Bonchev–Trinajstić information content (AvgIpc) is 3.15. The van der Waals surface area contributed by atoms with Gasteiger partial charge in [-0.15, -0.1) is 0 Å². The van der Waals surface area contributed by atoms with Crippen LogP contribution in [0.3, 0.4) is 0 Å². The lowest BCUT2D eigenvalue weighted by Crippen LogP contribution is -2.50. The molecular formula is C28H34O3. The second kappa shape index (κ2) is 7.46. The van der Waals surface area contributed by atoms with E-state index < -0.39 is 0 Å². The van der Waals surface area contributed by atoms with E-state index in [2.05, 4.69) is 26.0 Å². The zero-order valence-electron chi connectivity index (χ0n) is 19.0. The van der Waals surface area contributed by atoms with Crippen LogP contribution in [0.25, 0.3) is 0 Å². The Hall–Kier alpha value is -2.16. The highest BCUT2D eigenvalue weighted by Crippen LogP contribution is 2.66. The molecule has 0 saturated heterocycles. The van der Waals surface area contributed by atoms with E-state index in [1.54, 1.807) is 0 Å². The molecule has 1 aromatic rings. The van der Waals surface area contributed by atoms with Crippen LogP contribution in [-0.4, -0.2) is 18.9 Å². The molecule has 4 aliphatic carbocycles. The summed E-state index contributed by atoms with van der Waals surface area (Å²) < 4.78 is 4.98. The van der Waals surface area contributed by atoms with E-state index in [0.717, 1.165) is 43.2 Å². The van der Waals surface area contributed by atoms with Crippen molar-refractivity contribution in [2.45, 2.75) is 58.8 Å². The van der Waals surface area contributed by atoms with E-state index in [0.29, 0.717) is 23.5 Å². The number of allylic oxidation sites excluding steroid dienone is 3. The number of Topliss-reactive ketones (excluding diaryl/α,β-unsaturated/α-hetero) is 1. The van der Waals surface area contributed by atoms with E-state index in [-0.39, 0.29) is 22.7 Å². The first-order chi connectivity index (χ1) is 14.9. The minimum Gasteiger partial charge on any atom is -0.466 e. The van der Waals surface area contributed by atoms with Crippen molar-refractivity contribution in [2.24, 2.45) is 34.5 Å². The van der Waals surface area contributed by atoms with Crippen LogP contribution in [0.2, 0.25) is 0 Å². The molecule has 0 bridgehead atoms. The van der Waals surface area contributed by atoms with Gasteiger partial charge in [0.25, 0.3) is 0 Å². The molecule has 0 amide bonds. The van der Waals surface area contributed by atoms with E-state index in [9.17, 15) is 9.59 Å². The molecule has 1 aromatic carbocycles. The lowest BCUT2D eigenvalue weighted by Gasteiger charge is -2.57. The van der Waals surface area contributed by atoms with Crippen molar-refractivity contribution in [3.63, 3.8) is 0 Å². The lowest BCUT2D eigenvalue weighted by molar-refractivity contribution is -0.136. The Morgan fingerprint density at radius 2 is 1.77 bits per heavy atom. The quantitative estimate of drug-likeness (QED) is 0.436. The fourth-order valence-electron chi connectivity index (χ4n) is 7.85. The zero-order valence-corrected chi connectivity index (χ0v) is 19.0. The molecule has 4 aliphatic rings. The predicted octanol–water partition coefficient (Wildman–Crippen LogP) is 6.16. The van der Waals surface area contributed by atoms with Gasteiger partial charge >= 0.3 is 5.97 Å². The number of ether oxygens (including phenoxy) is 1. The Kier molecular flexibility index (Phi) is 4.99. The predicted molar refractivity (Wildman–Crippen MR) is 121 cm³/mol. The Morgan fingerprint density at radius 3 is 2.52 bits per heavy atom. The van der Waals surface area contributed by atoms with E-state index in [1.807, 2.05) is 30.3 Å². The normalized spacial score (nSPS) is 38.8. The third kappa shape index (κ3) is 3.07. The van der Waals surface area contributed by atoms with Gasteiger partial charge in [0, 0.05) is 17.1 Å². The summed E-state index contributed by atoms with van der Waals surface area (Å²) in [5, 5.41) is 0. The molecule has 2 saturated carbocycles. The van der Waals surface area contributed by atoms with Crippen LogP contribution in [-0.2, 0) is 9.53 Å². The maximum absolute atomic E-state index is 13.4. The van der Waals surface area contributed by atoms with Crippen LogP contribution in [0.4, 0.5) is 0 Å². The molecule has 0 radical (unpaired) electrons. The van der Waals surface area contributed by atoms with Gasteiger partial charge in [-0.25, -0.2) is 4.79 Å². The maximum atomic E-state index is 13.4. The van der Waals surface area contributed by atoms with Gasteiger partial charge in [-0.2, -0.15) is 0 Å². The molecule has 0 spiro atoms. The Morgan fingerprint density at radius 1 is 1.00 bits per heavy atom. The van der Waals surface area contributed by atoms with Crippen molar-refractivity contribution >= 4 is 11.8 Å². The van der Waals surface area contributed by atoms with Gasteiger partial charge in [-0.1, -0.05) is 50.3 Å². The van der Waals surface area contributed by atoms with Gasteiger partial charge in [0.15, 0.2) is 5.78 Å². The van der Waals surface area contributed by atoms with Gasteiger partial charge in [0.2, 0.25) is 0 Å². The summed E-state index contributed by atoms with van der Waals surface area (Å²) in [6, 6.07) is 9.90. The SMILES string of the molecule is COC(=O)C1=CC2=CCC3C(CCC4(C)C(C(=O)c5ccccc5)CCC34)C2(C)CC1. The molecular weight excluding hydrogens is 384 g/mol. The van der Waals surface area contributed by atoms with Crippen LogP contribution >= 0.6 is 0 Å². The van der Waals surface area contributed by atoms with Gasteiger partial charge in [0.1, 0.15) is 0 Å². The summed E-state index contributed by atoms with van der Waals surface area (Å²) in [7, 11) is 1.47. The number of methoxy groups -OCH3 is 1. The summed E-state index contributed by atoms with van der Waals surface area (Å²) in [5.74, 6) is 2.23. The first kappa shape index (κ1) is 20.7. The highest BCUT2D eigenvalue weighted by atomic mass is 16.5. The van der Waals surface area contributed by atoms with Crippen LogP contribution in [0, 0.1) is 34.5 Å². The fourth-order valence-corrected chi connectivity index (χ4v) is 7.85. The molecule has 2 fully saturated rings. The molecule has 6 atom stereocenters. The maximum Gasteiger partial charge on any atom is 0.333 e. The van der Waals surface area contributed by atoms with Crippen LogP contribution in [0.15, 0.2) is 53.6 Å². The number of fused-ring (bicyclic) bond motifs is 5. The molecule has 6 unspecified atom stereocenters. The molecule has 0 N–H and O–H groups in total. The third-order valence-corrected chi connectivity index (χ3v) is 9.59. The fraction of sp³-hybridized carbons (Fsp3) is 0.571. The van der Waals surface area contributed by atoms with Crippen molar-refractivity contribution in [1.29, 1.82) is 0 Å². The van der Waals surface area contributed by atoms with E-state index in [1.165, 1.54) is 25.5 Å². The topological polar surface area (TPSA) is 43.4 Å². The molecule has 3 nitrogen and oxygen atoms in total. The largest absolute Gasteiger partial charge is 0.466 e. The summed E-state index contributed by atoms with van der Waals surface area (Å²) in [6.45, 7) is 4.83. The minimum absolute atomic E-state index is 0.109. The smallest absolute Gasteiger partial charge is 0.333 e. The second-order valence-corrected chi connectivity index (χ2v) is 10.8. The lowest BCUT2D eigenvalue weighted by atomic mass is 9.47. The monoisotopic (exact) mass is 418 g/mol. The number of hydrogen-bond donors (Lipinski definition) is 0. The second-order valence-electron chi connectivity index (χ2n) is 10.8. The van der Waals surface area contributed by atoms with Crippen molar-refractivity contribution in [3.05, 3.63) is 59.2 Å². The summed E-state index contributed by atoms with van der Waals surface area (Å²) in [6.07, 6.45) is 12.0. The van der Waals surface area contributed by atoms with E-state index >= 15 is 0 Å². The van der Waals surface area contributed by atoms with Gasteiger partial charge < -0.3 is 4.74 Å². The van der Waals surface area contributed by atoms with Crippen molar-refractivity contribution in [3.8, 4) is 0 Å². The van der Waals surface area contributed by atoms with Gasteiger partial charge in [-0.05, 0) is 85.2 Å². The van der Waals surface area contributed by atoms with Crippen molar-refractivity contribution < 1.29 is 14.3 Å². The highest BCUT2D eigenvalue weighted by molar-refractivity contribution is 5.98. The van der Waals surface area contributed by atoms with Crippen LogP contribution in [0.5, 0.6) is 0 Å². The molecule has 0 aliphatic heterocycles. The first-order valence-corrected chi connectivity index (χ1v) is 12.0. The molecule has 3 heteroatoms. The number of hydrogen-bond acceptors (Lipinski definition) is 3. The average molecular weight is 419 g/mol. The first-order valence-electron chi connectivity index (χ1n) is 12.0. The minimum atomic E-state index is -0.181. The Bertz CT molecular complexity index is 958. The van der Waals surface area contributed by atoms with Gasteiger partial charge in [0.05, 0.1) is 7.11 Å². The van der Waals surface area contributed by atoms with Crippen molar-refractivity contribution in [2.75, 3.05) is 7.11 Å². The van der Waals surface area contributed by atoms with E-state index in [4.69, 9.17) is 4.74 Å². The van der Waals surface area contributed by atoms with Gasteiger partial charge in [-0.3, -0.25) is 4.79 Å². The molecule has 0 heterocycles. The number of rotatable bonds is 3. The molecule has 31 heavy (non-hydrogen) atoms. The number of carbonyl (C=O) groups excluding carboxylic acids is 2. The molecule has 164 valence electrons. The number of benzene rings is 1. The summed E-state index contributed by atoms with van der Waals surface area (Å²) in [5.41, 5.74) is 3.29. The third-order valence-electron chi connectivity index (χ3n) is 9.59. The highest BCUT2D eigenvalue weighted by Gasteiger charge is 2.59. The standard InChI is InChI=1S/C28H34O3/c1-27-15-13-19(26(30)31-3)17-20(27)9-10-21-22-11-12-24(28(22,2)16-14-23(21)27)25(29)18-7-5-4-6-8-18/h4-9,17,21-24H,10-16H2,1-3H3. The molecule has 0 aromatic heterocycles. The van der Waals surface area contributed by atoms with Crippen LogP contribution in [0.1, 0.15) is 69.2 Å². The molecule has 5 rings (SSSR count). The number of esters is 1.